The van der Waals surface area contributed by atoms with Gasteiger partial charge in [0.1, 0.15) is 5.82 Å². The fourth-order valence-electron chi connectivity index (χ4n) is 5.60. The summed E-state index contributed by atoms with van der Waals surface area (Å²) in [6.07, 6.45) is 10.0. The molecule has 0 nitrogen and oxygen atoms in total. The summed E-state index contributed by atoms with van der Waals surface area (Å²) in [6, 6.07) is 14.1. The molecule has 0 amide bonds. The first-order valence-electron chi connectivity index (χ1n) is 13.2. The standard InChI is InChI=1S/C31H36F4/c1-2-3-4-5-6-22-7-9-23(10-8-22)11-12-24-13-19-29-26(21-24)16-20-28(30(29)32)25-14-17-27(18-15-25)31(33,34)35/h13-23H,2-12H2,1H3/t22-,23-. The summed E-state index contributed by atoms with van der Waals surface area (Å²) >= 11 is 0. The van der Waals surface area contributed by atoms with Crippen molar-refractivity contribution < 1.29 is 17.6 Å². The first-order valence-corrected chi connectivity index (χ1v) is 13.2. The maximum absolute atomic E-state index is 15.2. The zero-order valence-corrected chi connectivity index (χ0v) is 20.6. The number of halogens is 4. The van der Waals surface area contributed by atoms with E-state index in [1.807, 2.05) is 18.2 Å². The van der Waals surface area contributed by atoms with E-state index in [0.717, 1.165) is 35.8 Å². The Morgan fingerprint density at radius 2 is 1.46 bits per heavy atom. The monoisotopic (exact) mass is 484 g/mol. The summed E-state index contributed by atoms with van der Waals surface area (Å²) < 4.78 is 53.8. The van der Waals surface area contributed by atoms with Crippen molar-refractivity contribution in [3.63, 3.8) is 0 Å². The van der Waals surface area contributed by atoms with Crippen LogP contribution in [0.5, 0.6) is 0 Å². The van der Waals surface area contributed by atoms with E-state index < -0.39 is 11.7 Å². The highest BCUT2D eigenvalue weighted by Gasteiger charge is 2.30. The molecule has 35 heavy (non-hydrogen) atoms. The molecule has 1 fully saturated rings. The van der Waals surface area contributed by atoms with E-state index in [2.05, 4.69) is 13.0 Å². The third-order valence-corrected chi connectivity index (χ3v) is 7.82. The first kappa shape index (κ1) is 25.7. The van der Waals surface area contributed by atoms with E-state index in [9.17, 15) is 13.2 Å². The fraction of sp³-hybridized carbons (Fsp3) is 0.484. The highest BCUT2D eigenvalue weighted by atomic mass is 19.4. The van der Waals surface area contributed by atoms with Crippen molar-refractivity contribution >= 4 is 10.8 Å². The molecule has 0 saturated heterocycles. The van der Waals surface area contributed by atoms with Crippen molar-refractivity contribution in [2.45, 2.75) is 83.7 Å². The van der Waals surface area contributed by atoms with Crippen LogP contribution in [0, 0.1) is 17.7 Å². The third-order valence-electron chi connectivity index (χ3n) is 7.82. The van der Waals surface area contributed by atoms with Crippen LogP contribution in [-0.2, 0) is 12.6 Å². The number of hydrogen-bond acceptors (Lipinski definition) is 0. The Labute approximate surface area is 206 Å². The van der Waals surface area contributed by atoms with Gasteiger partial charge in [0.15, 0.2) is 0 Å². The smallest absolute Gasteiger partial charge is 0.206 e. The van der Waals surface area contributed by atoms with Crippen LogP contribution in [0.15, 0.2) is 54.6 Å². The van der Waals surface area contributed by atoms with E-state index in [1.54, 1.807) is 6.07 Å². The minimum absolute atomic E-state index is 0.324. The summed E-state index contributed by atoms with van der Waals surface area (Å²) in [5.41, 5.74) is 1.27. The van der Waals surface area contributed by atoms with Gasteiger partial charge in [-0.15, -0.1) is 0 Å². The van der Waals surface area contributed by atoms with Gasteiger partial charge in [-0.1, -0.05) is 107 Å². The van der Waals surface area contributed by atoms with Gasteiger partial charge in [0.2, 0.25) is 0 Å². The third kappa shape index (κ3) is 6.65. The van der Waals surface area contributed by atoms with Crippen LogP contribution in [0.4, 0.5) is 17.6 Å². The Hall–Kier alpha value is -2.36. The highest BCUT2D eigenvalue weighted by molar-refractivity contribution is 5.88. The lowest BCUT2D eigenvalue weighted by molar-refractivity contribution is -0.137. The number of hydrogen-bond donors (Lipinski definition) is 0. The van der Waals surface area contributed by atoms with E-state index in [1.165, 1.54) is 81.9 Å². The Balaban J connectivity index is 1.35. The van der Waals surface area contributed by atoms with Crippen LogP contribution in [0.3, 0.4) is 0 Å². The van der Waals surface area contributed by atoms with Crippen molar-refractivity contribution in [3.8, 4) is 11.1 Å². The Morgan fingerprint density at radius 3 is 2.11 bits per heavy atom. The SMILES string of the molecule is CCCCCC[C@H]1CC[C@H](CCc2ccc3c(F)c(-c4ccc(C(F)(F)F)cc4)ccc3c2)CC1. The molecule has 0 atom stereocenters. The Bertz CT molecular complexity index is 1090. The number of fused-ring (bicyclic) bond motifs is 1. The van der Waals surface area contributed by atoms with Crippen LogP contribution >= 0.6 is 0 Å². The van der Waals surface area contributed by atoms with Crippen molar-refractivity contribution in [3.05, 3.63) is 71.5 Å². The molecular formula is C31H36F4. The highest BCUT2D eigenvalue weighted by Crippen LogP contribution is 2.36. The van der Waals surface area contributed by atoms with Crippen LogP contribution in [0.1, 0.15) is 82.3 Å². The van der Waals surface area contributed by atoms with Gasteiger partial charge in [-0.05, 0) is 53.3 Å². The summed E-state index contributed by atoms with van der Waals surface area (Å²) in [6.45, 7) is 2.26. The van der Waals surface area contributed by atoms with E-state index in [4.69, 9.17) is 0 Å². The van der Waals surface area contributed by atoms with Gasteiger partial charge in [0.25, 0.3) is 0 Å². The minimum Gasteiger partial charge on any atom is -0.206 e. The molecule has 1 aliphatic carbocycles. The van der Waals surface area contributed by atoms with Crippen molar-refractivity contribution in [1.29, 1.82) is 0 Å². The van der Waals surface area contributed by atoms with Gasteiger partial charge in [0, 0.05) is 10.9 Å². The lowest BCUT2D eigenvalue weighted by Gasteiger charge is -2.28. The van der Waals surface area contributed by atoms with Crippen molar-refractivity contribution in [1.82, 2.24) is 0 Å². The lowest BCUT2D eigenvalue weighted by atomic mass is 9.77. The quantitative estimate of drug-likeness (QED) is 0.209. The number of rotatable bonds is 9. The first-order chi connectivity index (χ1) is 16.8. The van der Waals surface area contributed by atoms with E-state index >= 15 is 4.39 Å². The second kappa shape index (κ2) is 11.6. The van der Waals surface area contributed by atoms with Gasteiger partial charge >= 0.3 is 6.18 Å². The van der Waals surface area contributed by atoms with E-state index in [0.29, 0.717) is 16.5 Å². The zero-order chi connectivity index (χ0) is 24.8. The van der Waals surface area contributed by atoms with Crippen molar-refractivity contribution in [2.24, 2.45) is 11.8 Å². The van der Waals surface area contributed by atoms with Gasteiger partial charge in [0.05, 0.1) is 5.56 Å². The predicted molar refractivity (Wildman–Crippen MR) is 137 cm³/mol. The van der Waals surface area contributed by atoms with Crippen LogP contribution in [0.25, 0.3) is 21.9 Å². The summed E-state index contributed by atoms with van der Waals surface area (Å²) in [5.74, 6) is 1.33. The van der Waals surface area contributed by atoms with Gasteiger partial charge in [-0.2, -0.15) is 13.2 Å². The second-order valence-electron chi connectivity index (χ2n) is 10.3. The number of aryl methyl sites for hydroxylation is 1. The van der Waals surface area contributed by atoms with Gasteiger partial charge in [-0.25, -0.2) is 4.39 Å². The molecule has 4 rings (SSSR count). The number of alkyl halides is 3. The molecular weight excluding hydrogens is 448 g/mol. The maximum Gasteiger partial charge on any atom is 0.416 e. The van der Waals surface area contributed by atoms with Gasteiger partial charge < -0.3 is 0 Å². The summed E-state index contributed by atoms with van der Waals surface area (Å²) in [5, 5.41) is 1.35. The molecule has 188 valence electrons. The normalized spacial score (nSPS) is 18.8. The summed E-state index contributed by atoms with van der Waals surface area (Å²) in [4.78, 5) is 0. The topological polar surface area (TPSA) is 0 Å². The van der Waals surface area contributed by atoms with Crippen LogP contribution < -0.4 is 0 Å². The summed E-state index contributed by atoms with van der Waals surface area (Å²) in [7, 11) is 0. The van der Waals surface area contributed by atoms with Crippen molar-refractivity contribution in [2.75, 3.05) is 0 Å². The molecule has 1 aliphatic rings. The molecule has 0 spiro atoms. The zero-order valence-electron chi connectivity index (χ0n) is 20.6. The molecule has 0 radical (unpaired) electrons. The predicted octanol–water partition coefficient (Wildman–Crippen LogP) is 10.4. The van der Waals surface area contributed by atoms with E-state index in [-0.39, 0.29) is 5.82 Å². The molecule has 3 aromatic rings. The maximum atomic E-state index is 15.2. The molecule has 0 aromatic heterocycles. The molecule has 3 aromatic carbocycles. The fourth-order valence-corrected chi connectivity index (χ4v) is 5.60. The Kier molecular flexibility index (Phi) is 8.51. The average Bonchev–Trinajstić information content (AvgIpc) is 2.86. The second-order valence-corrected chi connectivity index (χ2v) is 10.3. The molecule has 0 heterocycles. The molecule has 0 unspecified atom stereocenters. The number of unbranched alkanes of at least 4 members (excludes halogenated alkanes) is 3. The minimum atomic E-state index is -4.40. The van der Waals surface area contributed by atoms with Crippen LogP contribution in [0.2, 0.25) is 0 Å². The average molecular weight is 485 g/mol. The Morgan fingerprint density at radius 1 is 0.771 bits per heavy atom. The molecule has 4 heteroatoms. The molecule has 1 saturated carbocycles. The lowest BCUT2D eigenvalue weighted by Crippen LogP contribution is -2.15. The van der Waals surface area contributed by atoms with Gasteiger partial charge in [-0.3, -0.25) is 0 Å². The molecule has 0 bridgehead atoms. The largest absolute Gasteiger partial charge is 0.416 e. The molecule has 0 aliphatic heterocycles. The van der Waals surface area contributed by atoms with Crippen LogP contribution in [-0.4, -0.2) is 0 Å². The number of benzene rings is 3. The molecule has 0 N–H and O–H groups in total.